The Bertz CT molecular complexity index is 2620. The molecule has 0 N–H and O–H groups in total. The Morgan fingerprint density at radius 1 is 0.391 bits per heavy atom. The molecule has 0 bridgehead atoms. The second kappa shape index (κ2) is 18.1. The maximum atomic E-state index is 15.2. The van der Waals surface area contributed by atoms with Crippen LogP contribution in [-0.4, -0.2) is 30.3 Å². The van der Waals surface area contributed by atoms with Crippen LogP contribution in [-0.2, 0) is 0 Å². The third-order valence-corrected chi connectivity index (χ3v) is 10.1. The van der Waals surface area contributed by atoms with Crippen molar-refractivity contribution in [3.8, 4) is 23.0 Å². The smallest absolute Gasteiger partial charge is 0.468 e. The molecule has 7 aromatic carbocycles. The van der Waals surface area contributed by atoms with Gasteiger partial charge in [-0.3, -0.25) is 0 Å². The minimum absolute atomic E-state index is 0.0510. The fourth-order valence-electron chi connectivity index (χ4n) is 6.76. The molecule has 0 fully saturated rings. The van der Waals surface area contributed by atoms with E-state index in [2.05, 4.69) is 0 Å². The van der Waals surface area contributed by atoms with Crippen LogP contribution in [0.5, 0.6) is 23.0 Å². The number of ether oxygens (including phenoxy) is 4. The number of hydrogen-bond donors (Lipinski definition) is 0. The molecule has 2 unspecified atom stereocenters. The number of rotatable bonds is 15. The first kappa shape index (κ1) is 45.2. The van der Waals surface area contributed by atoms with E-state index in [1.807, 2.05) is 116 Å². The van der Waals surface area contributed by atoms with Crippen LogP contribution in [0.4, 0.5) is 60.5 Å². The third-order valence-electron chi connectivity index (χ3n) is 10.1. The number of nitrogens with zero attached hydrogens (tertiary/aromatic N) is 2. The average Bonchev–Trinajstić information content (AvgIpc) is 3.25. The van der Waals surface area contributed by atoms with Gasteiger partial charge in [-0.25, -0.2) is 0 Å². The standard InChI is InChI=1S/C52H48F6N2O4/c1-49(2,3)51(55,56)47(53)61-43-29-23-41(24-30-43)59(37-13-9-7-10-14-37)39-19-21-40(22-20-39)60(38-15-11-8-12-16-38)42-25-31-44(32-26-42)62-48(54)52(57,58)64-46-28-18-35-17-27-45(33-36(35)34-46)63-50(4,5)6/h7-34,47-48H,1-6H3. The number of hydrogen-bond acceptors (Lipinski definition) is 6. The summed E-state index contributed by atoms with van der Waals surface area (Å²) in [6.45, 7) is 9.43. The molecule has 7 rings (SSSR count). The van der Waals surface area contributed by atoms with Crippen LogP contribution in [0, 0.1) is 5.41 Å². The van der Waals surface area contributed by atoms with E-state index in [4.69, 9.17) is 18.9 Å². The number of alkyl halides is 6. The van der Waals surface area contributed by atoms with Gasteiger partial charge in [-0.1, -0.05) is 69.3 Å². The Morgan fingerprint density at radius 2 is 0.734 bits per heavy atom. The average molecular weight is 879 g/mol. The molecular formula is C52H48F6N2O4. The van der Waals surface area contributed by atoms with Crippen LogP contribution in [0.25, 0.3) is 10.8 Å². The summed E-state index contributed by atoms with van der Waals surface area (Å²) in [6, 6.07) is 48.3. The first-order valence-electron chi connectivity index (χ1n) is 20.6. The van der Waals surface area contributed by atoms with Crippen LogP contribution in [0.15, 0.2) is 170 Å². The highest BCUT2D eigenvalue weighted by Crippen LogP contribution is 2.43. The molecule has 2 atom stereocenters. The van der Waals surface area contributed by atoms with E-state index < -0.39 is 35.8 Å². The highest BCUT2D eigenvalue weighted by Gasteiger charge is 2.52. The summed E-state index contributed by atoms with van der Waals surface area (Å²) in [5.41, 5.74) is 2.19. The zero-order valence-corrected chi connectivity index (χ0v) is 36.1. The summed E-state index contributed by atoms with van der Waals surface area (Å²) < 4.78 is 110. The lowest BCUT2D eigenvalue weighted by Gasteiger charge is -2.32. The van der Waals surface area contributed by atoms with E-state index in [0.29, 0.717) is 22.5 Å². The summed E-state index contributed by atoms with van der Waals surface area (Å²) in [6.07, 6.45) is -10.3. The van der Waals surface area contributed by atoms with E-state index in [1.165, 1.54) is 57.2 Å². The van der Waals surface area contributed by atoms with Crippen LogP contribution >= 0.6 is 0 Å². The molecular weight excluding hydrogens is 831 g/mol. The molecule has 0 aliphatic carbocycles. The number of anilines is 6. The zero-order valence-electron chi connectivity index (χ0n) is 36.1. The summed E-state index contributed by atoms with van der Waals surface area (Å²) in [5, 5.41) is 1.34. The van der Waals surface area contributed by atoms with Gasteiger partial charge in [0.05, 0.1) is 0 Å². The second-order valence-corrected chi connectivity index (χ2v) is 17.1. The number of para-hydroxylation sites is 2. The Balaban J connectivity index is 1.09. The van der Waals surface area contributed by atoms with Gasteiger partial charge in [0.2, 0.25) is 0 Å². The van der Waals surface area contributed by atoms with Crippen molar-refractivity contribution in [2.45, 2.75) is 71.9 Å². The minimum Gasteiger partial charge on any atom is -0.488 e. The highest BCUT2D eigenvalue weighted by molar-refractivity contribution is 5.85. The van der Waals surface area contributed by atoms with Crippen LogP contribution in [0.1, 0.15) is 41.5 Å². The fourth-order valence-corrected chi connectivity index (χ4v) is 6.76. The van der Waals surface area contributed by atoms with E-state index in [9.17, 15) is 13.2 Å². The second-order valence-electron chi connectivity index (χ2n) is 17.1. The van der Waals surface area contributed by atoms with Crippen molar-refractivity contribution in [1.82, 2.24) is 0 Å². The lowest BCUT2D eigenvalue weighted by Crippen LogP contribution is -2.45. The van der Waals surface area contributed by atoms with E-state index in [1.54, 1.807) is 48.5 Å². The number of halogens is 6. The Hall–Kier alpha value is -6.82. The summed E-state index contributed by atoms with van der Waals surface area (Å²) in [7, 11) is 0. The van der Waals surface area contributed by atoms with Crippen molar-refractivity contribution in [2.24, 2.45) is 5.41 Å². The minimum atomic E-state index is -4.34. The summed E-state index contributed by atoms with van der Waals surface area (Å²) >= 11 is 0. The maximum Gasteiger partial charge on any atom is 0.468 e. The first-order valence-corrected chi connectivity index (χ1v) is 20.6. The molecule has 12 heteroatoms. The monoisotopic (exact) mass is 878 g/mol. The van der Waals surface area contributed by atoms with Crippen molar-refractivity contribution < 1.29 is 45.3 Å². The molecule has 6 nitrogen and oxygen atoms in total. The number of benzene rings is 7. The van der Waals surface area contributed by atoms with Crippen LogP contribution in [0.3, 0.4) is 0 Å². The molecule has 0 radical (unpaired) electrons. The summed E-state index contributed by atoms with van der Waals surface area (Å²) in [4.78, 5) is 3.87. The van der Waals surface area contributed by atoms with Gasteiger partial charge in [0.25, 0.3) is 0 Å². The first-order chi connectivity index (χ1) is 30.3. The SMILES string of the molecule is CC(C)(C)Oc1ccc2ccc(OC(F)(F)C(F)Oc3ccc(N(c4ccccc4)c4ccc(N(c5ccccc5)c5ccc(OC(F)C(F)(F)C(C)(C)C)cc5)cc4)cc3)cc2c1. The van der Waals surface area contributed by atoms with E-state index in [-0.39, 0.29) is 17.2 Å². The Morgan fingerprint density at radius 3 is 1.12 bits per heavy atom. The summed E-state index contributed by atoms with van der Waals surface area (Å²) in [5.74, 6) is -3.63. The molecule has 0 spiro atoms. The predicted octanol–water partition coefficient (Wildman–Crippen LogP) is 15.7. The van der Waals surface area contributed by atoms with E-state index >= 15 is 13.2 Å². The number of fused-ring (bicyclic) bond motifs is 1. The van der Waals surface area contributed by atoms with Gasteiger partial charge >= 0.3 is 24.7 Å². The Labute approximate surface area is 369 Å². The normalized spacial score (nSPS) is 13.2. The topological polar surface area (TPSA) is 43.4 Å². The largest absolute Gasteiger partial charge is 0.488 e. The molecule has 0 heterocycles. The molecule has 0 aliphatic heterocycles. The zero-order chi connectivity index (χ0) is 45.9. The van der Waals surface area contributed by atoms with Crippen molar-refractivity contribution in [1.29, 1.82) is 0 Å². The predicted molar refractivity (Wildman–Crippen MR) is 241 cm³/mol. The van der Waals surface area contributed by atoms with Crippen LogP contribution in [0.2, 0.25) is 0 Å². The van der Waals surface area contributed by atoms with Gasteiger partial charge in [0.1, 0.15) is 28.6 Å². The van der Waals surface area contributed by atoms with Gasteiger partial charge in [-0.15, -0.1) is 0 Å². The molecule has 64 heavy (non-hydrogen) atoms. The molecule has 0 aromatic heterocycles. The van der Waals surface area contributed by atoms with Gasteiger partial charge in [0, 0.05) is 39.5 Å². The third kappa shape index (κ3) is 10.5. The van der Waals surface area contributed by atoms with Gasteiger partial charge in [-0.05, 0) is 153 Å². The van der Waals surface area contributed by atoms with Crippen molar-refractivity contribution in [3.05, 3.63) is 170 Å². The van der Waals surface area contributed by atoms with Gasteiger partial charge in [0.15, 0.2) is 0 Å². The van der Waals surface area contributed by atoms with Gasteiger partial charge in [-0.2, -0.15) is 26.3 Å². The maximum absolute atomic E-state index is 15.2. The van der Waals surface area contributed by atoms with Crippen LogP contribution < -0.4 is 28.7 Å². The lowest BCUT2D eigenvalue weighted by atomic mass is 9.88. The molecule has 0 amide bonds. The fraction of sp³-hybridized carbons (Fsp3) is 0.231. The highest BCUT2D eigenvalue weighted by atomic mass is 19.3. The van der Waals surface area contributed by atoms with Crippen molar-refractivity contribution in [3.63, 3.8) is 0 Å². The van der Waals surface area contributed by atoms with Gasteiger partial charge < -0.3 is 28.7 Å². The van der Waals surface area contributed by atoms with Crippen molar-refractivity contribution in [2.75, 3.05) is 9.80 Å². The van der Waals surface area contributed by atoms with Crippen molar-refractivity contribution >= 4 is 44.9 Å². The molecule has 332 valence electrons. The Kier molecular flexibility index (Phi) is 12.8. The van der Waals surface area contributed by atoms with E-state index in [0.717, 1.165) is 28.1 Å². The molecule has 0 saturated heterocycles. The molecule has 0 aliphatic rings. The molecule has 0 saturated carbocycles. The lowest BCUT2D eigenvalue weighted by molar-refractivity contribution is -0.267. The molecule has 7 aromatic rings. The quantitative estimate of drug-likeness (QED) is 0.0956.